The van der Waals surface area contributed by atoms with E-state index in [1.807, 2.05) is 24.3 Å². The number of unbranched alkanes of at least 4 members (excludes halogenated alkanes) is 1. The lowest BCUT2D eigenvalue weighted by Crippen LogP contribution is -2.02. The van der Waals surface area contributed by atoms with Crippen molar-refractivity contribution in [2.24, 2.45) is 0 Å². The molecule has 0 bridgehead atoms. The zero-order valence-electron chi connectivity index (χ0n) is 16.0. The van der Waals surface area contributed by atoms with Crippen molar-refractivity contribution < 1.29 is 19.7 Å². The summed E-state index contributed by atoms with van der Waals surface area (Å²) < 4.78 is 11.5. The third-order valence-electron chi connectivity index (χ3n) is 4.72. The molecular weight excluding hydrogens is 378 g/mol. The number of rotatable bonds is 8. The molecule has 0 unspecified atom stereocenters. The zero-order chi connectivity index (χ0) is 20.1. The molecule has 5 nitrogen and oxygen atoms in total. The molecule has 2 aromatic carbocycles. The van der Waals surface area contributed by atoms with Crippen molar-refractivity contribution in [3.63, 3.8) is 0 Å². The van der Waals surface area contributed by atoms with Crippen LogP contribution in [0.15, 0.2) is 36.5 Å². The topological polar surface area (TPSA) is 71.8 Å². The van der Waals surface area contributed by atoms with Crippen molar-refractivity contribution >= 4 is 22.4 Å². The normalized spacial score (nSPS) is 11.0. The van der Waals surface area contributed by atoms with E-state index >= 15 is 0 Å². The molecule has 1 heterocycles. The third kappa shape index (κ3) is 4.07. The fraction of sp³-hybridized carbons (Fsp3) is 0.318. The maximum absolute atomic E-state index is 10.0. The smallest absolute Gasteiger partial charge is 0.161 e. The number of aliphatic hydroxyl groups excluding tert-OH is 2. The van der Waals surface area contributed by atoms with Crippen LogP contribution in [-0.4, -0.2) is 28.9 Å². The van der Waals surface area contributed by atoms with Gasteiger partial charge in [0.2, 0.25) is 0 Å². The van der Waals surface area contributed by atoms with E-state index in [9.17, 15) is 10.2 Å². The van der Waals surface area contributed by atoms with E-state index in [1.54, 1.807) is 19.4 Å². The Balaban J connectivity index is 2.29. The fourth-order valence-electron chi connectivity index (χ4n) is 3.32. The Hall–Kier alpha value is -2.34. The summed E-state index contributed by atoms with van der Waals surface area (Å²) in [5, 5.41) is 22.0. The Morgan fingerprint density at radius 2 is 1.89 bits per heavy atom. The van der Waals surface area contributed by atoms with E-state index in [4.69, 9.17) is 21.1 Å². The number of aromatic nitrogens is 1. The minimum absolute atomic E-state index is 0.185. The monoisotopic (exact) mass is 401 g/mol. The Bertz CT molecular complexity index is 974. The predicted molar refractivity (Wildman–Crippen MR) is 111 cm³/mol. The van der Waals surface area contributed by atoms with Crippen LogP contribution in [0.3, 0.4) is 0 Å². The average Bonchev–Trinajstić information content (AvgIpc) is 2.71. The van der Waals surface area contributed by atoms with Gasteiger partial charge in [-0.1, -0.05) is 24.9 Å². The summed E-state index contributed by atoms with van der Waals surface area (Å²) in [6, 6.07) is 9.27. The largest absolute Gasteiger partial charge is 0.493 e. The molecule has 2 N–H and O–H groups in total. The van der Waals surface area contributed by atoms with Crippen LogP contribution in [0.5, 0.6) is 11.5 Å². The molecule has 3 aromatic rings. The highest BCUT2D eigenvalue weighted by atomic mass is 35.5. The predicted octanol–water partition coefficient (Wildman–Crippen LogP) is 4.73. The Labute approximate surface area is 169 Å². The molecule has 28 heavy (non-hydrogen) atoms. The van der Waals surface area contributed by atoms with Crippen LogP contribution in [0, 0.1) is 0 Å². The molecule has 3 rings (SSSR count). The summed E-state index contributed by atoms with van der Waals surface area (Å²) in [5.41, 5.74) is 2.92. The van der Waals surface area contributed by atoms with Crippen LogP contribution in [-0.2, 0) is 13.2 Å². The second kappa shape index (κ2) is 9.24. The number of hydrogen-bond donors (Lipinski definition) is 2. The van der Waals surface area contributed by atoms with Crippen molar-refractivity contribution in [1.82, 2.24) is 4.98 Å². The van der Waals surface area contributed by atoms with Gasteiger partial charge in [-0.05, 0) is 69.8 Å². The number of aliphatic hydroxyl groups is 2. The number of ether oxygens (including phenoxy) is 2. The molecule has 0 aliphatic carbocycles. The zero-order valence-corrected chi connectivity index (χ0v) is 16.8. The van der Waals surface area contributed by atoms with Gasteiger partial charge >= 0.3 is 0 Å². The minimum atomic E-state index is -0.210. The summed E-state index contributed by atoms with van der Waals surface area (Å²) in [7, 11) is 1.60. The Kier molecular flexibility index (Phi) is 6.73. The number of nitrogens with zero attached hydrogens (tertiary/aromatic N) is 1. The van der Waals surface area contributed by atoms with E-state index in [0.29, 0.717) is 34.4 Å². The van der Waals surface area contributed by atoms with Crippen molar-refractivity contribution in [2.75, 3.05) is 13.7 Å². The summed E-state index contributed by atoms with van der Waals surface area (Å²) >= 11 is 6.10. The van der Waals surface area contributed by atoms with E-state index < -0.39 is 0 Å². The first-order valence-corrected chi connectivity index (χ1v) is 9.63. The van der Waals surface area contributed by atoms with E-state index in [-0.39, 0.29) is 13.2 Å². The number of methoxy groups -OCH3 is 1. The first-order valence-electron chi connectivity index (χ1n) is 9.25. The molecule has 0 amide bonds. The van der Waals surface area contributed by atoms with Gasteiger partial charge < -0.3 is 19.7 Å². The maximum Gasteiger partial charge on any atom is 0.161 e. The van der Waals surface area contributed by atoms with Gasteiger partial charge in [0.15, 0.2) is 11.5 Å². The highest BCUT2D eigenvalue weighted by Crippen LogP contribution is 2.41. The van der Waals surface area contributed by atoms with Gasteiger partial charge in [-0.25, -0.2) is 4.98 Å². The standard InChI is InChI=1S/C22H24ClNO4/c1-3-4-7-28-20-9-15-8-16(12-25)18(13-26)22(17(15)11-19(20)27-2)14-5-6-24-21(23)10-14/h5-6,8-11,25-26H,3-4,7,12-13H2,1-2H3. The Morgan fingerprint density at radius 1 is 1.07 bits per heavy atom. The summed E-state index contributed by atoms with van der Waals surface area (Å²) in [5.74, 6) is 1.27. The molecule has 0 saturated carbocycles. The number of benzene rings is 2. The van der Waals surface area contributed by atoms with E-state index in [1.165, 1.54) is 0 Å². The molecule has 148 valence electrons. The van der Waals surface area contributed by atoms with E-state index in [0.717, 1.165) is 34.7 Å². The average molecular weight is 402 g/mol. The summed E-state index contributed by atoms with van der Waals surface area (Å²) in [4.78, 5) is 4.04. The number of hydrogen-bond acceptors (Lipinski definition) is 5. The highest BCUT2D eigenvalue weighted by molar-refractivity contribution is 6.29. The molecule has 1 aromatic heterocycles. The van der Waals surface area contributed by atoms with Crippen LogP contribution in [0.2, 0.25) is 5.15 Å². The lowest BCUT2D eigenvalue weighted by molar-refractivity contribution is 0.260. The van der Waals surface area contributed by atoms with Gasteiger partial charge in [0.05, 0.1) is 26.9 Å². The molecule has 0 aliphatic heterocycles. The minimum Gasteiger partial charge on any atom is -0.493 e. The fourth-order valence-corrected chi connectivity index (χ4v) is 3.49. The lowest BCUT2D eigenvalue weighted by atomic mass is 9.90. The van der Waals surface area contributed by atoms with Gasteiger partial charge in [0, 0.05) is 6.20 Å². The van der Waals surface area contributed by atoms with E-state index in [2.05, 4.69) is 11.9 Å². The molecule has 0 saturated heterocycles. The third-order valence-corrected chi connectivity index (χ3v) is 4.93. The molecule has 6 heteroatoms. The number of halogens is 1. The van der Waals surface area contributed by atoms with Gasteiger partial charge in [-0.3, -0.25) is 0 Å². The molecular formula is C22H24ClNO4. The SMILES string of the molecule is CCCCOc1cc2cc(CO)c(CO)c(-c3ccnc(Cl)c3)c2cc1OC. The first-order chi connectivity index (χ1) is 13.6. The molecule has 0 fully saturated rings. The van der Waals surface area contributed by atoms with Crippen molar-refractivity contribution in [3.8, 4) is 22.6 Å². The Morgan fingerprint density at radius 3 is 2.54 bits per heavy atom. The van der Waals surface area contributed by atoms with Crippen LogP contribution in [0.25, 0.3) is 21.9 Å². The quantitative estimate of drug-likeness (QED) is 0.422. The second-order valence-electron chi connectivity index (χ2n) is 6.50. The molecule has 0 atom stereocenters. The van der Waals surface area contributed by atoms with Crippen LogP contribution in [0.4, 0.5) is 0 Å². The van der Waals surface area contributed by atoms with Gasteiger partial charge in [-0.2, -0.15) is 0 Å². The van der Waals surface area contributed by atoms with Crippen molar-refractivity contribution in [3.05, 3.63) is 52.8 Å². The molecule has 0 spiro atoms. The number of pyridine rings is 1. The van der Waals surface area contributed by atoms with Crippen LogP contribution < -0.4 is 9.47 Å². The lowest BCUT2D eigenvalue weighted by Gasteiger charge is -2.18. The highest BCUT2D eigenvalue weighted by Gasteiger charge is 2.18. The van der Waals surface area contributed by atoms with Crippen LogP contribution >= 0.6 is 11.6 Å². The van der Waals surface area contributed by atoms with Crippen molar-refractivity contribution in [1.29, 1.82) is 0 Å². The first kappa shape index (κ1) is 20.4. The van der Waals surface area contributed by atoms with Gasteiger partial charge in [0.1, 0.15) is 5.15 Å². The van der Waals surface area contributed by atoms with Crippen LogP contribution in [0.1, 0.15) is 30.9 Å². The second-order valence-corrected chi connectivity index (χ2v) is 6.89. The maximum atomic E-state index is 10.0. The number of fused-ring (bicyclic) bond motifs is 1. The summed E-state index contributed by atoms with van der Waals surface area (Å²) in [6.45, 7) is 2.32. The summed E-state index contributed by atoms with van der Waals surface area (Å²) in [6.07, 6.45) is 3.61. The van der Waals surface area contributed by atoms with Gasteiger partial charge in [0.25, 0.3) is 0 Å². The van der Waals surface area contributed by atoms with Crippen molar-refractivity contribution in [2.45, 2.75) is 33.0 Å². The molecule has 0 aliphatic rings. The molecule has 0 radical (unpaired) electrons. The van der Waals surface area contributed by atoms with Gasteiger partial charge in [-0.15, -0.1) is 0 Å².